The van der Waals surface area contributed by atoms with E-state index in [-0.39, 0.29) is 5.54 Å². The number of nitrogen functional groups attached to an aromatic ring is 1. The zero-order valence-electron chi connectivity index (χ0n) is 7.88. The lowest BCUT2D eigenvalue weighted by Gasteiger charge is -2.16. The molecule has 1 aromatic heterocycles. The molecule has 2 rings (SSSR count). The molecule has 1 aliphatic rings. The molecule has 5 heteroatoms. The minimum Gasteiger partial charge on any atom is -0.495 e. The monoisotopic (exact) mass is 257 g/mol. The van der Waals surface area contributed by atoms with E-state index in [4.69, 9.17) is 16.2 Å². The summed E-state index contributed by atoms with van der Waals surface area (Å²) in [5.41, 5.74) is 12.4. The number of nitrogens with two attached hydrogens (primary N) is 2. The highest BCUT2D eigenvalue weighted by molar-refractivity contribution is 9.10. The van der Waals surface area contributed by atoms with Crippen LogP contribution in [0.4, 0.5) is 5.82 Å². The van der Waals surface area contributed by atoms with Crippen LogP contribution < -0.4 is 16.2 Å². The lowest BCUT2D eigenvalue weighted by Crippen LogP contribution is -2.22. The molecular formula is C9H12BrN3O. The molecule has 14 heavy (non-hydrogen) atoms. The van der Waals surface area contributed by atoms with Crippen LogP contribution in [0.15, 0.2) is 10.7 Å². The van der Waals surface area contributed by atoms with Crippen molar-refractivity contribution in [3.05, 3.63) is 16.2 Å². The molecule has 1 fully saturated rings. The number of hydrogen-bond acceptors (Lipinski definition) is 4. The summed E-state index contributed by atoms with van der Waals surface area (Å²) in [5.74, 6) is 1.17. The smallest absolute Gasteiger partial charge is 0.143 e. The van der Waals surface area contributed by atoms with Gasteiger partial charge in [-0.25, -0.2) is 4.98 Å². The van der Waals surface area contributed by atoms with Gasteiger partial charge in [-0.3, -0.25) is 0 Å². The average Bonchev–Trinajstić information content (AvgIpc) is 2.88. The second-order valence-corrected chi connectivity index (χ2v) is 4.41. The van der Waals surface area contributed by atoms with Crippen LogP contribution in [0.3, 0.4) is 0 Å². The maximum Gasteiger partial charge on any atom is 0.143 e. The minimum atomic E-state index is -0.327. The molecule has 0 aliphatic heterocycles. The Hall–Kier alpha value is -0.810. The first-order chi connectivity index (χ1) is 6.58. The maximum absolute atomic E-state index is 6.09. The summed E-state index contributed by atoms with van der Waals surface area (Å²) in [4.78, 5) is 4.06. The van der Waals surface area contributed by atoms with Crippen molar-refractivity contribution in [3.8, 4) is 5.75 Å². The van der Waals surface area contributed by atoms with E-state index >= 15 is 0 Å². The summed E-state index contributed by atoms with van der Waals surface area (Å²) in [5, 5.41) is 0. The minimum absolute atomic E-state index is 0.327. The summed E-state index contributed by atoms with van der Waals surface area (Å²) >= 11 is 3.36. The van der Waals surface area contributed by atoms with Crippen molar-refractivity contribution in [1.82, 2.24) is 4.98 Å². The molecule has 0 amide bonds. The summed E-state index contributed by atoms with van der Waals surface area (Å²) < 4.78 is 6.07. The Morgan fingerprint density at radius 2 is 2.21 bits per heavy atom. The number of halogens is 1. The zero-order chi connectivity index (χ0) is 10.3. The molecule has 0 unspecified atom stereocenters. The van der Waals surface area contributed by atoms with Gasteiger partial charge in [0.1, 0.15) is 11.6 Å². The second kappa shape index (κ2) is 3.10. The number of hydrogen-bond donors (Lipinski definition) is 2. The summed E-state index contributed by atoms with van der Waals surface area (Å²) in [6.45, 7) is 0. The van der Waals surface area contributed by atoms with E-state index in [9.17, 15) is 0 Å². The number of methoxy groups -OCH3 is 1. The number of rotatable bonds is 2. The van der Waals surface area contributed by atoms with Crippen molar-refractivity contribution in [2.45, 2.75) is 18.4 Å². The lowest BCUT2D eigenvalue weighted by atomic mass is 10.1. The second-order valence-electron chi connectivity index (χ2n) is 3.56. The van der Waals surface area contributed by atoms with Crippen LogP contribution in [0.1, 0.15) is 18.4 Å². The Morgan fingerprint density at radius 3 is 2.71 bits per heavy atom. The number of anilines is 1. The molecule has 0 radical (unpaired) electrons. The van der Waals surface area contributed by atoms with Crippen molar-refractivity contribution < 1.29 is 4.74 Å². The normalized spacial score (nSPS) is 17.9. The fourth-order valence-corrected chi connectivity index (χ4v) is 2.01. The van der Waals surface area contributed by atoms with Crippen LogP contribution in [0.25, 0.3) is 0 Å². The molecule has 1 heterocycles. The Kier molecular flexibility index (Phi) is 2.16. The number of ether oxygens (including phenoxy) is 1. The highest BCUT2D eigenvalue weighted by Crippen LogP contribution is 2.50. The highest BCUT2D eigenvalue weighted by atomic mass is 79.9. The first-order valence-electron chi connectivity index (χ1n) is 4.36. The van der Waals surface area contributed by atoms with E-state index in [0.29, 0.717) is 11.6 Å². The zero-order valence-corrected chi connectivity index (χ0v) is 9.47. The molecule has 0 bridgehead atoms. The molecule has 1 aromatic rings. The fourth-order valence-electron chi connectivity index (χ4n) is 1.55. The molecule has 76 valence electrons. The molecule has 4 nitrogen and oxygen atoms in total. The standard InChI is InChI=1S/C9H12BrN3O/c1-14-7-5(10)4-13-8(11)6(7)9(12)2-3-9/h4H,2-3,12H2,1H3,(H2,11,13). The Balaban J connectivity index is 2.60. The van der Waals surface area contributed by atoms with Gasteiger partial charge in [0.15, 0.2) is 0 Å². The largest absolute Gasteiger partial charge is 0.495 e. The lowest BCUT2D eigenvalue weighted by molar-refractivity contribution is 0.401. The molecule has 1 saturated carbocycles. The summed E-state index contributed by atoms with van der Waals surface area (Å²) in [6.07, 6.45) is 3.50. The van der Waals surface area contributed by atoms with E-state index < -0.39 is 0 Å². The van der Waals surface area contributed by atoms with Gasteiger partial charge in [-0.2, -0.15) is 0 Å². The SMILES string of the molecule is COc1c(Br)cnc(N)c1C1(N)CC1. The third-order valence-electron chi connectivity index (χ3n) is 2.51. The van der Waals surface area contributed by atoms with Gasteiger partial charge in [0, 0.05) is 11.7 Å². The quantitative estimate of drug-likeness (QED) is 0.840. The van der Waals surface area contributed by atoms with Crippen molar-refractivity contribution in [2.75, 3.05) is 12.8 Å². The Labute approximate surface area is 90.8 Å². The molecular weight excluding hydrogens is 246 g/mol. The van der Waals surface area contributed by atoms with Gasteiger partial charge < -0.3 is 16.2 Å². The molecule has 0 aromatic carbocycles. The predicted octanol–water partition coefficient (Wildman–Crippen LogP) is 1.38. The van der Waals surface area contributed by atoms with Crippen molar-refractivity contribution in [3.63, 3.8) is 0 Å². The third-order valence-corrected chi connectivity index (χ3v) is 3.07. The van der Waals surface area contributed by atoms with Gasteiger partial charge in [0.05, 0.1) is 17.1 Å². The molecule has 0 saturated heterocycles. The van der Waals surface area contributed by atoms with Crippen molar-refractivity contribution in [2.24, 2.45) is 5.73 Å². The van der Waals surface area contributed by atoms with E-state index in [1.54, 1.807) is 13.3 Å². The van der Waals surface area contributed by atoms with Gasteiger partial charge >= 0.3 is 0 Å². The summed E-state index contributed by atoms with van der Waals surface area (Å²) in [6, 6.07) is 0. The first kappa shape index (κ1) is 9.73. The van der Waals surface area contributed by atoms with Crippen LogP contribution in [0.5, 0.6) is 5.75 Å². The van der Waals surface area contributed by atoms with Crippen molar-refractivity contribution >= 4 is 21.7 Å². The van der Waals surface area contributed by atoms with Gasteiger partial charge in [0.25, 0.3) is 0 Å². The number of nitrogens with zero attached hydrogens (tertiary/aromatic N) is 1. The molecule has 0 atom stereocenters. The summed E-state index contributed by atoms with van der Waals surface area (Å²) in [7, 11) is 1.61. The predicted molar refractivity (Wildman–Crippen MR) is 58.0 cm³/mol. The van der Waals surface area contributed by atoms with E-state index in [1.165, 1.54) is 0 Å². The maximum atomic E-state index is 6.09. The van der Waals surface area contributed by atoms with Crippen LogP contribution in [-0.4, -0.2) is 12.1 Å². The van der Waals surface area contributed by atoms with Crippen molar-refractivity contribution in [1.29, 1.82) is 0 Å². The van der Waals surface area contributed by atoms with Gasteiger partial charge in [-0.1, -0.05) is 0 Å². The molecule has 0 spiro atoms. The third kappa shape index (κ3) is 1.36. The first-order valence-corrected chi connectivity index (χ1v) is 5.15. The highest BCUT2D eigenvalue weighted by Gasteiger charge is 2.44. The molecule has 1 aliphatic carbocycles. The number of pyridine rings is 1. The number of aromatic nitrogens is 1. The van der Waals surface area contributed by atoms with E-state index in [1.807, 2.05) is 0 Å². The van der Waals surface area contributed by atoms with Crippen LogP contribution in [-0.2, 0) is 5.54 Å². The molecule has 4 N–H and O–H groups in total. The van der Waals surface area contributed by atoms with Gasteiger partial charge in [0.2, 0.25) is 0 Å². The topological polar surface area (TPSA) is 74.2 Å². The van der Waals surface area contributed by atoms with Gasteiger partial charge in [-0.15, -0.1) is 0 Å². The van der Waals surface area contributed by atoms with Gasteiger partial charge in [-0.05, 0) is 28.8 Å². The van der Waals surface area contributed by atoms with Crippen LogP contribution in [0.2, 0.25) is 0 Å². The fraction of sp³-hybridized carbons (Fsp3) is 0.444. The average molecular weight is 258 g/mol. The van der Waals surface area contributed by atoms with Crippen LogP contribution >= 0.6 is 15.9 Å². The van der Waals surface area contributed by atoms with E-state index in [2.05, 4.69) is 20.9 Å². The Morgan fingerprint density at radius 1 is 1.57 bits per heavy atom. The Bertz CT molecular complexity index is 377. The van der Waals surface area contributed by atoms with Crippen LogP contribution in [0, 0.1) is 0 Å². The van der Waals surface area contributed by atoms with E-state index in [0.717, 1.165) is 22.9 Å².